The quantitative estimate of drug-likeness (QED) is 0.761. The number of ether oxygens (including phenoxy) is 1. The van der Waals surface area contributed by atoms with Gasteiger partial charge in [-0.05, 0) is 48.9 Å². The van der Waals surface area contributed by atoms with E-state index in [4.69, 9.17) is 4.74 Å². The Labute approximate surface area is 162 Å². The Kier molecular flexibility index (Phi) is 8.72. The number of carbonyl (C=O) groups excluding carboxylic acids is 2. The highest BCUT2D eigenvalue weighted by molar-refractivity contribution is 5.92. The average molecular weight is 384 g/mol. The van der Waals surface area contributed by atoms with Crippen molar-refractivity contribution in [2.24, 2.45) is 11.8 Å². The number of methoxy groups -OCH3 is 1. The first-order valence-corrected chi connectivity index (χ1v) is 8.91. The maximum Gasteiger partial charge on any atom is 0.328 e. The highest BCUT2D eigenvalue weighted by Gasteiger charge is 2.24. The van der Waals surface area contributed by atoms with Gasteiger partial charge in [0.05, 0.1) is 7.11 Å². The van der Waals surface area contributed by atoms with Crippen LogP contribution < -0.4 is 15.5 Å². The molecule has 1 aromatic carbocycles. The Morgan fingerprint density at radius 2 is 1.73 bits per heavy atom. The third-order valence-electron chi connectivity index (χ3n) is 4.68. The first-order chi connectivity index (χ1) is 11.9. The summed E-state index contributed by atoms with van der Waals surface area (Å²) in [5.41, 5.74) is 1.87. The van der Waals surface area contributed by atoms with Gasteiger partial charge in [-0.2, -0.15) is 0 Å². The van der Waals surface area contributed by atoms with E-state index in [0.717, 1.165) is 19.0 Å². The third-order valence-corrected chi connectivity index (χ3v) is 4.68. The number of halogens is 1. The minimum Gasteiger partial charge on any atom is -0.467 e. The second kappa shape index (κ2) is 10.3. The number of carbonyl (C=O) groups is 2. The number of hydrogen-bond acceptors (Lipinski definition) is 4. The summed E-state index contributed by atoms with van der Waals surface area (Å²) in [5, 5.41) is 5.43. The Balaban J connectivity index is 0.00000338. The molecule has 0 aliphatic carbocycles. The molecule has 26 heavy (non-hydrogen) atoms. The Bertz CT molecular complexity index is 584. The summed E-state index contributed by atoms with van der Waals surface area (Å²) >= 11 is 0. The normalized spacial score (nSPS) is 15.8. The molecule has 1 aromatic rings. The van der Waals surface area contributed by atoms with Crippen LogP contribution in [0.15, 0.2) is 24.3 Å². The van der Waals surface area contributed by atoms with Gasteiger partial charge < -0.3 is 20.3 Å². The Morgan fingerprint density at radius 1 is 1.15 bits per heavy atom. The minimum atomic E-state index is -0.667. The van der Waals surface area contributed by atoms with Crippen molar-refractivity contribution in [2.45, 2.75) is 39.7 Å². The number of piperidine rings is 1. The van der Waals surface area contributed by atoms with E-state index in [2.05, 4.69) is 22.5 Å². The molecule has 0 radical (unpaired) electrons. The zero-order valence-corrected chi connectivity index (χ0v) is 16.8. The third kappa shape index (κ3) is 6.09. The van der Waals surface area contributed by atoms with Gasteiger partial charge in [0.15, 0.2) is 0 Å². The monoisotopic (exact) mass is 383 g/mol. The molecule has 1 aliphatic rings. The van der Waals surface area contributed by atoms with Gasteiger partial charge in [-0.15, -0.1) is 12.4 Å². The molecule has 6 nitrogen and oxygen atoms in total. The summed E-state index contributed by atoms with van der Waals surface area (Å²) in [5.74, 6) is 0.298. The van der Waals surface area contributed by atoms with E-state index >= 15 is 0 Å². The summed E-state index contributed by atoms with van der Waals surface area (Å²) in [6.45, 7) is 8.15. The summed E-state index contributed by atoms with van der Waals surface area (Å²) in [4.78, 5) is 26.2. The fraction of sp³-hybridized carbons (Fsp3) is 0.579. The predicted molar refractivity (Wildman–Crippen MR) is 107 cm³/mol. The van der Waals surface area contributed by atoms with Crippen molar-refractivity contribution in [1.82, 2.24) is 5.32 Å². The maximum atomic E-state index is 12.1. The molecule has 2 amide bonds. The van der Waals surface area contributed by atoms with Crippen LogP contribution in [-0.2, 0) is 9.53 Å². The lowest BCUT2D eigenvalue weighted by atomic mass is 9.99. The lowest BCUT2D eigenvalue weighted by Crippen LogP contribution is -2.46. The number of hydrogen-bond donors (Lipinski definition) is 2. The number of rotatable bonds is 5. The maximum absolute atomic E-state index is 12.1. The van der Waals surface area contributed by atoms with E-state index in [1.807, 2.05) is 38.1 Å². The molecule has 1 saturated heterocycles. The number of anilines is 2. The van der Waals surface area contributed by atoms with Gasteiger partial charge in [0.25, 0.3) is 0 Å². The van der Waals surface area contributed by atoms with Gasteiger partial charge in [-0.1, -0.05) is 20.8 Å². The molecule has 1 heterocycles. The van der Waals surface area contributed by atoms with Gasteiger partial charge in [0, 0.05) is 24.5 Å². The zero-order chi connectivity index (χ0) is 18.4. The SMILES string of the molecule is COC(=O)[C@@H](NC(=O)Nc1ccc(N2CCC(C)CC2)cc1)C(C)C.Cl. The van der Waals surface area contributed by atoms with Crippen LogP contribution in [0.3, 0.4) is 0 Å². The second-order valence-corrected chi connectivity index (χ2v) is 7.06. The topological polar surface area (TPSA) is 70.7 Å². The highest BCUT2D eigenvalue weighted by Crippen LogP contribution is 2.24. The smallest absolute Gasteiger partial charge is 0.328 e. The van der Waals surface area contributed by atoms with Crippen molar-refractivity contribution in [1.29, 1.82) is 0 Å². The van der Waals surface area contributed by atoms with Crippen molar-refractivity contribution in [3.8, 4) is 0 Å². The summed E-state index contributed by atoms with van der Waals surface area (Å²) < 4.78 is 4.73. The summed E-state index contributed by atoms with van der Waals surface area (Å²) in [6, 6.07) is 6.73. The van der Waals surface area contributed by atoms with Crippen molar-refractivity contribution in [3.63, 3.8) is 0 Å². The largest absolute Gasteiger partial charge is 0.467 e. The molecule has 7 heteroatoms. The molecule has 2 N–H and O–H groups in total. The molecule has 0 saturated carbocycles. The molecule has 0 unspecified atom stereocenters. The molecule has 2 rings (SSSR count). The fourth-order valence-corrected chi connectivity index (χ4v) is 2.96. The van der Waals surface area contributed by atoms with Crippen LogP contribution in [0.25, 0.3) is 0 Å². The average Bonchev–Trinajstić information content (AvgIpc) is 2.60. The number of esters is 1. The molecule has 1 fully saturated rings. The van der Waals surface area contributed by atoms with E-state index < -0.39 is 18.0 Å². The Morgan fingerprint density at radius 3 is 2.23 bits per heavy atom. The van der Waals surface area contributed by atoms with E-state index in [1.165, 1.54) is 25.6 Å². The van der Waals surface area contributed by atoms with Crippen LogP contribution in [0.2, 0.25) is 0 Å². The van der Waals surface area contributed by atoms with E-state index in [0.29, 0.717) is 5.69 Å². The molecule has 0 spiro atoms. The number of nitrogens with zero attached hydrogens (tertiary/aromatic N) is 1. The van der Waals surface area contributed by atoms with Crippen molar-refractivity contribution < 1.29 is 14.3 Å². The molecule has 0 bridgehead atoms. The van der Waals surface area contributed by atoms with Gasteiger partial charge in [0.1, 0.15) is 6.04 Å². The number of amides is 2. The van der Waals surface area contributed by atoms with Crippen molar-refractivity contribution >= 4 is 35.8 Å². The molecule has 0 aromatic heterocycles. The molecule has 1 atom stereocenters. The summed E-state index contributed by atoms with van der Waals surface area (Å²) in [7, 11) is 1.32. The zero-order valence-electron chi connectivity index (χ0n) is 16.0. The summed E-state index contributed by atoms with van der Waals surface area (Å²) in [6.07, 6.45) is 2.43. The molecular weight excluding hydrogens is 354 g/mol. The number of benzene rings is 1. The van der Waals surface area contributed by atoms with E-state index in [9.17, 15) is 9.59 Å². The van der Waals surface area contributed by atoms with Crippen molar-refractivity contribution in [2.75, 3.05) is 30.4 Å². The molecule has 1 aliphatic heterocycles. The van der Waals surface area contributed by atoms with Crippen LogP contribution in [0.5, 0.6) is 0 Å². The highest BCUT2D eigenvalue weighted by atomic mass is 35.5. The van der Waals surface area contributed by atoms with Gasteiger partial charge in [0.2, 0.25) is 0 Å². The minimum absolute atomic E-state index is 0. The van der Waals surface area contributed by atoms with Gasteiger partial charge >= 0.3 is 12.0 Å². The molecule has 146 valence electrons. The Hall–Kier alpha value is -1.95. The first kappa shape index (κ1) is 22.1. The van der Waals surface area contributed by atoms with Crippen LogP contribution in [0, 0.1) is 11.8 Å². The van der Waals surface area contributed by atoms with Crippen LogP contribution in [0.1, 0.15) is 33.6 Å². The first-order valence-electron chi connectivity index (χ1n) is 8.91. The second-order valence-electron chi connectivity index (χ2n) is 7.06. The van der Waals surface area contributed by atoms with E-state index in [-0.39, 0.29) is 18.3 Å². The van der Waals surface area contributed by atoms with E-state index in [1.54, 1.807) is 0 Å². The molecular formula is C19H30ClN3O3. The van der Waals surface area contributed by atoms with Gasteiger partial charge in [-0.3, -0.25) is 0 Å². The lowest BCUT2D eigenvalue weighted by Gasteiger charge is -2.32. The van der Waals surface area contributed by atoms with Gasteiger partial charge in [-0.25, -0.2) is 9.59 Å². The fourth-order valence-electron chi connectivity index (χ4n) is 2.96. The van der Waals surface area contributed by atoms with Crippen LogP contribution in [-0.4, -0.2) is 38.2 Å². The number of nitrogens with one attached hydrogen (secondary N) is 2. The number of urea groups is 1. The van der Waals surface area contributed by atoms with Crippen LogP contribution >= 0.6 is 12.4 Å². The lowest BCUT2D eigenvalue weighted by molar-refractivity contribution is -0.143. The van der Waals surface area contributed by atoms with Crippen LogP contribution in [0.4, 0.5) is 16.2 Å². The predicted octanol–water partition coefficient (Wildman–Crippen LogP) is 3.66. The van der Waals surface area contributed by atoms with Crippen molar-refractivity contribution in [3.05, 3.63) is 24.3 Å². The standard InChI is InChI=1S/C19H29N3O3.ClH/c1-13(2)17(18(23)25-4)21-19(24)20-15-5-7-16(8-6-15)22-11-9-14(3)10-12-22;/h5-8,13-14,17H,9-12H2,1-4H3,(H2,20,21,24);1H/t17-;/m0./s1.